The number of likely N-dealkylation sites (N-methyl/N-ethyl adjacent to an activating group) is 1. The molecule has 1 amide bonds. The maximum Gasteiger partial charge on any atom is 0.426 e. The summed E-state index contributed by atoms with van der Waals surface area (Å²) in [5, 5.41) is 23.6. The van der Waals surface area contributed by atoms with E-state index in [1.54, 1.807) is 24.6 Å². The number of carbonyl (C=O) groups excluding carboxylic acids is 1. The number of aliphatic hydroxyl groups is 1. The number of nitrogens with one attached hydrogen (secondary N) is 1. The van der Waals surface area contributed by atoms with Crippen molar-refractivity contribution in [3.05, 3.63) is 50.8 Å². The Balaban J connectivity index is 0.000000430. The van der Waals surface area contributed by atoms with E-state index in [9.17, 15) is 36.7 Å². The molecule has 34 heavy (non-hydrogen) atoms. The minimum absolute atomic E-state index is 0.125. The van der Waals surface area contributed by atoms with Crippen molar-refractivity contribution in [2.45, 2.75) is 29.3 Å². The van der Waals surface area contributed by atoms with Gasteiger partial charge in [-0.1, -0.05) is 17.7 Å². The van der Waals surface area contributed by atoms with Crippen LogP contribution in [-0.4, -0.2) is 69.2 Å². The monoisotopic (exact) mass is 544 g/mol. The number of hydroxylamine groups is 3. The number of nitrogens with zero attached hydrogens (tertiary/aromatic N) is 1. The highest BCUT2D eigenvalue weighted by Crippen LogP contribution is 2.33. The van der Waals surface area contributed by atoms with Gasteiger partial charge in [-0.05, 0) is 36.6 Å². The Kier molecular flexibility index (Phi) is 9.13. The summed E-state index contributed by atoms with van der Waals surface area (Å²) >= 11 is 7.15. The highest BCUT2D eigenvalue weighted by Gasteiger charge is 2.55. The Bertz CT molecular complexity index is 1080. The van der Waals surface area contributed by atoms with E-state index in [1.165, 1.54) is 11.3 Å². The van der Waals surface area contributed by atoms with Gasteiger partial charge in [-0.15, -0.1) is 11.3 Å². The van der Waals surface area contributed by atoms with Crippen LogP contribution in [0.3, 0.4) is 0 Å². The van der Waals surface area contributed by atoms with Gasteiger partial charge in [0, 0.05) is 4.88 Å². The first-order valence-corrected chi connectivity index (χ1v) is 12.7. The summed E-state index contributed by atoms with van der Waals surface area (Å²) < 4.78 is 67.6. The lowest BCUT2D eigenvalue weighted by molar-refractivity contribution is -0.869. The molecule has 2 heterocycles. The fourth-order valence-electron chi connectivity index (χ4n) is 2.56. The number of halogens is 4. The normalized spacial score (nSPS) is 17.8. The minimum Gasteiger partial charge on any atom is -0.633 e. The van der Waals surface area contributed by atoms with Crippen molar-refractivity contribution in [2.24, 2.45) is 0 Å². The Morgan fingerprint density at radius 3 is 2.35 bits per heavy atom. The van der Waals surface area contributed by atoms with E-state index in [4.69, 9.17) is 16.3 Å². The van der Waals surface area contributed by atoms with Crippen molar-refractivity contribution in [1.29, 1.82) is 0 Å². The van der Waals surface area contributed by atoms with Crippen LogP contribution in [0.1, 0.15) is 11.8 Å². The maximum absolute atomic E-state index is 12.7. The molecule has 0 radical (unpaired) electrons. The van der Waals surface area contributed by atoms with Crippen molar-refractivity contribution in [3.63, 3.8) is 0 Å². The number of sulfone groups is 1. The highest BCUT2D eigenvalue weighted by molar-refractivity contribution is 7.90. The van der Waals surface area contributed by atoms with Gasteiger partial charge in [0.25, 0.3) is 5.91 Å². The average molecular weight is 545 g/mol. The third kappa shape index (κ3) is 7.63. The Morgan fingerprint density at radius 2 is 1.91 bits per heavy atom. The van der Waals surface area contributed by atoms with Gasteiger partial charge in [-0.25, -0.2) is 8.42 Å². The van der Waals surface area contributed by atoms with Crippen LogP contribution in [0.5, 0.6) is 0 Å². The van der Waals surface area contributed by atoms with Crippen LogP contribution in [0, 0.1) is 5.21 Å². The average Bonchev–Trinajstić information content (AvgIpc) is 3.21. The third-order valence-electron chi connectivity index (χ3n) is 4.87. The second-order valence-electron chi connectivity index (χ2n) is 7.86. The fraction of sp³-hybridized carbons (Fsp3) is 0.450. The van der Waals surface area contributed by atoms with E-state index in [0.717, 1.165) is 18.2 Å². The molecule has 0 spiro atoms. The quantitative estimate of drug-likeness (QED) is 0.439. The predicted molar refractivity (Wildman–Crippen MR) is 122 cm³/mol. The Labute approximate surface area is 204 Å². The van der Waals surface area contributed by atoms with Gasteiger partial charge < -0.3 is 25.0 Å². The molecule has 0 bridgehead atoms. The standard InChI is InChI=1S/C15H13ClF3NO4S2.C5H11NO2/c1-14(22,15(17,18)19)13(21)20-12-5-4-10(7-11(12)16)26(23,24)8-9-3-2-6-25-9;1-6(7)2-4-8-5-3-6/h2-7,22H,8H2,1H3,(H,20,21);2-5H2,1H3/t14-;/m1./s1. The number of hydrogen-bond acceptors (Lipinski definition) is 7. The molecule has 14 heteroatoms. The van der Waals surface area contributed by atoms with Crippen LogP contribution in [0.2, 0.25) is 5.02 Å². The molecule has 2 N–H and O–H groups in total. The lowest BCUT2D eigenvalue weighted by Gasteiger charge is -2.41. The lowest BCUT2D eigenvalue weighted by atomic mass is 10.1. The zero-order valence-corrected chi connectivity index (χ0v) is 20.7. The second kappa shape index (κ2) is 10.9. The summed E-state index contributed by atoms with van der Waals surface area (Å²) in [6.45, 7) is 2.77. The van der Waals surface area contributed by atoms with Gasteiger partial charge >= 0.3 is 6.18 Å². The van der Waals surface area contributed by atoms with Crippen molar-refractivity contribution >= 4 is 44.4 Å². The van der Waals surface area contributed by atoms with Gasteiger partial charge in [0.15, 0.2) is 9.84 Å². The molecule has 1 aromatic heterocycles. The van der Waals surface area contributed by atoms with Gasteiger partial charge in [0.1, 0.15) is 13.1 Å². The number of morpholine rings is 1. The minimum atomic E-state index is -5.19. The van der Waals surface area contributed by atoms with Crippen molar-refractivity contribution < 1.29 is 40.9 Å². The molecule has 0 aliphatic carbocycles. The van der Waals surface area contributed by atoms with Crippen LogP contribution in [0.4, 0.5) is 18.9 Å². The summed E-state index contributed by atoms with van der Waals surface area (Å²) in [4.78, 5) is 12.1. The van der Waals surface area contributed by atoms with Crippen molar-refractivity contribution in [3.8, 4) is 0 Å². The first kappa shape index (κ1) is 28.5. The first-order chi connectivity index (χ1) is 15.6. The number of amides is 1. The van der Waals surface area contributed by atoms with E-state index in [1.807, 2.05) is 5.32 Å². The van der Waals surface area contributed by atoms with E-state index >= 15 is 0 Å². The van der Waals surface area contributed by atoms with Crippen LogP contribution >= 0.6 is 22.9 Å². The molecule has 1 saturated heterocycles. The molecule has 1 aliphatic heterocycles. The summed E-state index contributed by atoms with van der Waals surface area (Å²) in [7, 11) is -2.04. The Hall–Kier alpha value is -1.74. The molecule has 0 saturated carbocycles. The molecule has 2 aromatic rings. The molecule has 8 nitrogen and oxygen atoms in total. The molecule has 190 valence electrons. The van der Waals surface area contributed by atoms with Gasteiger partial charge in [-0.2, -0.15) is 13.2 Å². The Morgan fingerprint density at radius 1 is 1.29 bits per heavy atom. The number of hydrogen-bond donors (Lipinski definition) is 2. The largest absolute Gasteiger partial charge is 0.633 e. The molecule has 1 atom stereocenters. The SMILES string of the molecule is C[C@@](O)(C(=O)Nc1ccc(S(=O)(=O)Cc2cccs2)cc1Cl)C(F)(F)F.C[N+]1([O-])CCOCC1. The fourth-order valence-corrected chi connectivity index (χ4v) is 5.29. The summed E-state index contributed by atoms with van der Waals surface area (Å²) in [6, 6.07) is 6.56. The number of ether oxygens (including phenoxy) is 1. The number of thiophene rings is 1. The summed E-state index contributed by atoms with van der Waals surface area (Å²) in [6.07, 6.45) is -5.19. The molecule has 0 unspecified atom stereocenters. The molecule has 3 rings (SSSR count). The number of alkyl halides is 3. The number of anilines is 1. The summed E-state index contributed by atoms with van der Waals surface area (Å²) in [5.74, 6) is -1.99. The highest BCUT2D eigenvalue weighted by atomic mass is 35.5. The van der Waals surface area contributed by atoms with Crippen LogP contribution in [-0.2, 0) is 25.1 Å². The number of rotatable bonds is 5. The van der Waals surface area contributed by atoms with E-state index < -0.39 is 27.5 Å². The topological polar surface area (TPSA) is 116 Å². The predicted octanol–water partition coefficient (Wildman–Crippen LogP) is 3.59. The summed E-state index contributed by atoms with van der Waals surface area (Å²) in [5.41, 5.74) is -3.88. The maximum atomic E-state index is 12.7. The number of benzene rings is 1. The van der Waals surface area contributed by atoms with Crippen LogP contribution < -0.4 is 5.32 Å². The zero-order valence-electron chi connectivity index (χ0n) is 18.3. The lowest BCUT2D eigenvalue weighted by Crippen LogP contribution is -2.52. The number of quaternary nitrogens is 1. The third-order valence-corrected chi connectivity index (χ3v) is 7.91. The molecular weight excluding hydrogens is 521 g/mol. The van der Waals surface area contributed by atoms with Gasteiger partial charge in [-0.3, -0.25) is 4.79 Å². The molecule has 1 aromatic carbocycles. The van der Waals surface area contributed by atoms with Crippen LogP contribution in [0.25, 0.3) is 0 Å². The van der Waals surface area contributed by atoms with E-state index in [2.05, 4.69) is 0 Å². The molecular formula is C20H24ClF3N2O6S2. The van der Waals surface area contributed by atoms with E-state index in [-0.39, 0.29) is 26.0 Å². The van der Waals surface area contributed by atoms with Crippen molar-refractivity contribution in [1.82, 2.24) is 0 Å². The van der Waals surface area contributed by atoms with Crippen molar-refractivity contribution in [2.75, 3.05) is 38.7 Å². The smallest absolute Gasteiger partial charge is 0.426 e. The van der Waals surface area contributed by atoms with E-state index in [0.29, 0.717) is 38.1 Å². The second-order valence-corrected chi connectivity index (χ2v) is 11.3. The zero-order chi connectivity index (χ0) is 25.8. The molecule has 1 fully saturated rings. The molecule has 1 aliphatic rings. The van der Waals surface area contributed by atoms with Crippen LogP contribution in [0.15, 0.2) is 40.6 Å². The number of carbonyl (C=O) groups is 1. The first-order valence-electron chi connectivity index (χ1n) is 9.84. The van der Waals surface area contributed by atoms with Gasteiger partial charge in [0.2, 0.25) is 5.60 Å². The van der Waals surface area contributed by atoms with Gasteiger partial charge in [0.05, 0.1) is 41.6 Å².